The smallest absolute Gasteiger partial charge is 0.198 e. The lowest BCUT2D eigenvalue weighted by molar-refractivity contribution is 0.691. The third kappa shape index (κ3) is 1.93. The van der Waals surface area contributed by atoms with Crippen LogP contribution in [0.15, 0.2) is 12.5 Å². The molecular weight excluding hydrogens is 220 g/mol. The summed E-state index contributed by atoms with van der Waals surface area (Å²) in [6.45, 7) is 3.08. The van der Waals surface area contributed by atoms with E-state index in [1.807, 2.05) is 4.57 Å². The van der Waals surface area contributed by atoms with Crippen molar-refractivity contribution in [3.63, 3.8) is 0 Å². The molecule has 2 aromatic heterocycles. The van der Waals surface area contributed by atoms with Gasteiger partial charge in [0.25, 0.3) is 0 Å². The van der Waals surface area contributed by atoms with Gasteiger partial charge in [0.15, 0.2) is 4.77 Å². The molecule has 0 aliphatic rings. The minimum Gasteiger partial charge on any atom is -0.317 e. The molecule has 0 saturated carbocycles. The van der Waals surface area contributed by atoms with E-state index in [2.05, 4.69) is 21.9 Å². The van der Waals surface area contributed by atoms with E-state index in [1.165, 1.54) is 0 Å². The van der Waals surface area contributed by atoms with Gasteiger partial charge in [0.2, 0.25) is 0 Å². The normalized spacial score (nSPS) is 10.1. The molecule has 1 N–H and O–H groups in total. The van der Waals surface area contributed by atoms with Crippen LogP contribution in [0.1, 0.15) is 13.3 Å². The molecule has 0 atom stereocenters. The average Bonchev–Trinajstić information content (AvgIpc) is 2.49. The van der Waals surface area contributed by atoms with E-state index in [-0.39, 0.29) is 12.4 Å². The fraction of sp³-hybridized carbons (Fsp3) is 0.375. The molecule has 0 aliphatic carbocycles. The van der Waals surface area contributed by atoms with Crippen LogP contribution < -0.4 is 0 Å². The molecule has 0 amide bonds. The first kappa shape index (κ1) is 11.1. The van der Waals surface area contributed by atoms with Crippen LogP contribution in [0, 0.1) is 4.77 Å². The Morgan fingerprint density at radius 3 is 3.00 bits per heavy atom. The SMILES string of the molecule is CCCn1cnc2cnc(=S)[nH]c21.Cl. The van der Waals surface area contributed by atoms with Crippen molar-refractivity contribution in [3.8, 4) is 0 Å². The molecule has 2 aromatic rings. The van der Waals surface area contributed by atoms with Crippen LogP contribution in [-0.4, -0.2) is 19.5 Å². The van der Waals surface area contributed by atoms with E-state index < -0.39 is 0 Å². The van der Waals surface area contributed by atoms with E-state index in [9.17, 15) is 0 Å². The number of hydrogen-bond acceptors (Lipinski definition) is 3. The number of nitrogens with zero attached hydrogens (tertiary/aromatic N) is 3. The van der Waals surface area contributed by atoms with Gasteiger partial charge in [-0.25, -0.2) is 9.97 Å². The topological polar surface area (TPSA) is 46.5 Å². The number of halogens is 1. The minimum absolute atomic E-state index is 0. The highest BCUT2D eigenvalue weighted by Crippen LogP contribution is 2.07. The number of aromatic nitrogens is 4. The summed E-state index contributed by atoms with van der Waals surface area (Å²) >= 11 is 4.94. The Bertz CT molecular complexity index is 475. The molecule has 0 aliphatic heterocycles. The third-order valence-corrected chi connectivity index (χ3v) is 2.07. The van der Waals surface area contributed by atoms with Gasteiger partial charge in [0.1, 0.15) is 11.2 Å². The van der Waals surface area contributed by atoms with Crippen molar-refractivity contribution in [1.82, 2.24) is 19.5 Å². The van der Waals surface area contributed by atoms with E-state index in [0.717, 1.165) is 24.1 Å². The van der Waals surface area contributed by atoms with Crippen LogP contribution in [0.5, 0.6) is 0 Å². The summed E-state index contributed by atoms with van der Waals surface area (Å²) < 4.78 is 2.55. The molecule has 0 fully saturated rings. The maximum Gasteiger partial charge on any atom is 0.198 e. The molecule has 2 heterocycles. The minimum atomic E-state index is 0. The maximum absolute atomic E-state index is 4.94. The summed E-state index contributed by atoms with van der Waals surface area (Å²) in [5.41, 5.74) is 1.82. The average molecular weight is 231 g/mol. The molecular formula is C8H11ClN4S. The Morgan fingerprint density at radius 2 is 2.29 bits per heavy atom. The monoisotopic (exact) mass is 230 g/mol. The molecule has 4 nitrogen and oxygen atoms in total. The first-order valence-electron chi connectivity index (χ1n) is 4.21. The van der Waals surface area contributed by atoms with Gasteiger partial charge in [-0.3, -0.25) is 0 Å². The number of imidazole rings is 1. The van der Waals surface area contributed by atoms with Crippen molar-refractivity contribution in [2.75, 3.05) is 0 Å². The van der Waals surface area contributed by atoms with Gasteiger partial charge in [-0.15, -0.1) is 12.4 Å². The molecule has 76 valence electrons. The molecule has 0 saturated heterocycles. The first-order valence-corrected chi connectivity index (χ1v) is 4.62. The van der Waals surface area contributed by atoms with Crippen molar-refractivity contribution >= 4 is 35.8 Å². The van der Waals surface area contributed by atoms with Crippen molar-refractivity contribution in [2.45, 2.75) is 19.9 Å². The Labute approximate surface area is 92.8 Å². The number of hydrogen-bond donors (Lipinski definition) is 1. The lowest BCUT2D eigenvalue weighted by Crippen LogP contribution is -1.96. The third-order valence-electron chi connectivity index (χ3n) is 1.86. The van der Waals surface area contributed by atoms with Crippen molar-refractivity contribution < 1.29 is 0 Å². The molecule has 2 rings (SSSR count). The molecule has 14 heavy (non-hydrogen) atoms. The zero-order valence-electron chi connectivity index (χ0n) is 7.73. The number of fused-ring (bicyclic) bond motifs is 1. The molecule has 0 aromatic carbocycles. The van der Waals surface area contributed by atoms with Gasteiger partial charge in [-0.1, -0.05) is 6.92 Å². The van der Waals surface area contributed by atoms with Gasteiger partial charge in [0, 0.05) is 6.54 Å². The van der Waals surface area contributed by atoms with Crippen LogP contribution in [0.25, 0.3) is 11.2 Å². The molecule has 0 spiro atoms. The van der Waals surface area contributed by atoms with Crippen molar-refractivity contribution in [1.29, 1.82) is 0 Å². The Balaban J connectivity index is 0.000000980. The molecule has 0 bridgehead atoms. The van der Waals surface area contributed by atoms with E-state index in [0.29, 0.717) is 4.77 Å². The number of nitrogens with one attached hydrogen (secondary N) is 1. The van der Waals surface area contributed by atoms with Crippen LogP contribution >= 0.6 is 24.6 Å². The van der Waals surface area contributed by atoms with Crippen LogP contribution in [0.2, 0.25) is 0 Å². The highest BCUT2D eigenvalue weighted by Gasteiger charge is 2.00. The van der Waals surface area contributed by atoms with Crippen LogP contribution in [0.3, 0.4) is 0 Å². The quantitative estimate of drug-likeness (QED) is 0.806. The Morgan fingerprint density at radius 1 is 1.50 bits per heavy atom. The lowest BCUT2D eigenvalue weighted by Gasteiger charge is -1.99. The van der Waals surface area contributed by atoms with Crippen LogP contribution in [-0.2, 0) is 6.54 Å². The highest BCUT2D eigenvalue weighted by atomic mass is 35.5. The van der Waals surface area contributed by atoms with Gasteiger partial charge in [0.05, 0.1) is 12.5 Å². The van der Waals surface area contributed by atoms with Gasteiger partial charge in [-0.2, -0.15) is 0 Å². The summed E-state index contributed by atoms with van der Waals surface area (Å²) in [5, 5.41) is 0. The van der Waals surface area contributed by atoms with E-state index in [1.54, 1.807) is 12.5 Å². The first-order chi connectivity index (χ1) is 6.31. The number of aryl methyl sites for hydroxylation is 1. The zero-order chi connectivity index (χ0) is 9.26. The van der Waals surface area contributed by atoms with Crippen molar-refractivity contribution in [2.24, 2.45) is 0 Å². The van der Waals surface area contributed by atoms with Crippen molar-refractivity contribution in [3.05, 3.63) is 17.3 Å². The van der Waals surface area contributed by atoms with Gasteiger partial charge in [-0.05, 0) is 18.6 Å². The molecule has 0 unspecified atom stereocenters. The second-order valence-corrected chi connectivity index (χ2v) is 3.25. The largest absolute Gasteiger partial charge is 0.317 e. The number of aromatic amines is 1. The lowest BCUT2D eigenvalue weighted by atomic mass is 10.5. The predicted molar refractivity (Wildman–Crippen MR) is 60.3 cm³/mol. The Hall–Kier alpha value is -0.940. The van der Waals surface area contributed by atoms with E-state index in [4.69, 9.17) is 12.2 Å². The van der Waals surface area contributed by atoms with Gasteiger partial charge >= 0.3 is 0 Å². The maximum atomic E-state index is 4.94. The second-order valence-electron chi connectivity index (χ2n) is 2.86. The summed E-state index contributed by atoms with van der Waals surface area (Å²) in [5.74, 6) is 0. The Kier molecular flexibility index (Phi) is 3.60. The fourth-order valence-corrected chi connectivity index (χ4v) is 1.44. The molecule has 0 radical (unpaired) electrons. The second kappa shape index (κ2) is 4.52. The van der Waals surface area contributed by atoms with Crippen LogP contribution in [0.4, 0.5) is 0 Å². The number of H-pyrrole nitrogens is 1. The molecule has 6 heteroatoms. The summed E-state index contributed by atoms with van der Waals surface area (Å²) in [4.78, 5) is 11.2. The summed E-state index contributed by atoms with van der Waals surface area (Å²) in [7, 11) is 0. The summed E-state index contributed by atoms with van der Waals surface area (Å²) in [6.07, 6.45) is 4.58. The summed E-state index contributed by atoms with van der Waals surface area (Å²) in [6, 6.07) is 0. The fourth-order valence-electron chi connectivity index (χ4n) is 1.29. The highest BCUT2D eigenvalue weighted by molar-refractivity contribution is 7.71. The number of rotatable bonds is 2. The van der Waals surface area contributed by atoms with E-state index >= 15 is 0 Å². The zero-order valence-corrected chi connectivity index (χ0v) is 9.36. The standard InChI is InChI=1S/C8H10N4S.ClH/c1-2-3-12-5-10-6-4-9-8(13)11-7(6)12;/h4-5H,2-3H2,1H3,(H,9,11,13);1H. The van der Waals surface area contributed by atoms with Gasteiger partial charge < -0.3 is 9.55 Å². The predicted octanol–water partition coefficient (Wildman–Crippen LogP) is 2.32.